The Balaban J connectivity index is 1.14. The van der Waals surface area contributed by atoms with Gasteiger partial charge in [-0.2, -0.15) is 0 Å². The summed E-state index contributed by atoms with van der Waals surface area (Å²) in [6, 6.07) is 62.7. The number of anilines is 1. The van der Waals surface area contributed by atoms with Crippen LogP contribution in [0.15, 0.2) is 214 Å². The minimum Gasteiger partial charge on any atom is -0.456 e. The highest BCUT2D eigenvalue weighted by atomic mass is 16.3. The quantitative estimate of drug-likeness (QED) is 0.170. The molecular formula is C61H45N3O. The Labute approximate surface area is 378 Å². The number of nitrogens with zero attached hydrogens (tertiary/aromatic N) is 2. The van der Waals surface area contributed by atoms with Crippen molar-refractivity contribution in [3.05, 3.63) is 222 Å². The second-order valence-electron chi connectivity index (χ2n) is 17.5. The summed E-state index contributed by atoms with van der Waals surface area (Å²) in [6.45, 7) is 4.52. The van der Waals surface area contributed by atoms with Gasteiger partial charge in [0, 0.05) is 44.6 Å². The highest BCUT2D eigenvalue weighted by Crippen LogP contribution is 2.46. The second kappa shape index (κ2) is 15.6. The van der Waals surface area contributed by atoms with Gasteiger partial charge in [0.25, 0.3) is 0 Å². The first-order valence-electron chi connectivity index (χ1n) is 22.6. The van der Waals surface area contributed by atoms with Crippen LogP contribution in [-0.2, 0) is 0 Å². The molecule has 2 aliphatic rings. The maximum atomic E-state index is 6.98. The number of fused-ring (bicyclic) bond motifs is 6. The molecule has 310 valence electrons. The molecule has 2 heterocycles. The van der Waals surface area contributed by atoms with Crippen LogP contribution < -0.4 is 5.73 Å². The summed E-state index contributed by atoms with van der Waals surface area (Å²) < 4.78 is 6.82. The topological polar surface area (TPSA) is 63.9 Å². The second-order valence-corrected chi connectivity index (χ2v) is 17.5. The van der Waals surface area contributed by atoms with Crippen LogP contribution in [0.4, 0.5) is 5.69 Å². The SMILES string of the molecule is CC1=C(c2cc3c(cc2-c2ccccc2-c2cc4ccccc4cc2N)oc2cc4ccccc4cc23)N=C(c2ccc(C3=CC=CCC3)cc2)N=C(c2cccc3ccccc23)C1C. The van der Waals surface area contributed by atoms with E-state index in [4.69, 9.17) is 20.1 Å². The van der Waals surface area contributed by atoms with Crippen molar-refractivity contribution >= 4 is 82.8 Å². The van der Waals surface area contributed by atoms with Gasteiger partial charge in [-0.3, -0.25) is 0 Å². The molecule has 1 aliphatic carbocycles. The third-order valence-corrected chi connectivity index (χ3v) is 13.6. The molecule has 1 aromatic heterocycles. The van der Waals surface area contributed by atoms with Gasteiger partial charge >= 0.3 is 0 Å². The van der Waals surface area contributed by atoms with Crippen LogP contribution in [0.5, 0.6) is 0 Å². The summed E-state index contributed by atoms with van der Waals surface area (Å²) in [7, 11) is 0. The molecular weight excluding hydrogens is 791 g/mol. The molecule has 2 N–H and O–H groups in total. The van der Waals surface area contributed by atoms with Crippen molar-refractivity contribution in [1.29, 1.82) is 0 Å². The molecule has 65 heavy (non-hydrogen) atoms. The lowest BCUT2D eigenvalue weighted by molar-refractivity contribution is 0.669. The van der Waals surface area contributed by atoms with E-state index in [0.29, 0.717) is 5.84 Å². The molecule has 4 nitrogen and oxygen atoms in total. The van der Waals surface area contributed by atoms with Gasteiger partial charge in [0.1, 0.15) is 11.2 Å². The number of furan rings is 1. The minimum absolute atomic E-state index is 0.0875. The van der Waals surface area contributed by atoms with Crippen LogP contribution >= 0.6 is 0 Å². The third-order valence-electron chi connectivity index (χ3n) is 13.6. The number of aliphatic imine (C=N–C) groups is 2. The Bertz CT molecular complexity index is 3740. The number of nitrogens with two attached hydrogens (primary N) is 1. The molecule has 0 saturated carbocycles. The highest BCUT2D eigenvalue weighted by Gasteiger charge is 2.28. The number of benzene rings is 9. The summed E-state index contributed by atoms with van der Waals surface area (Å²) in [5, 5.41) is 9.01. The Kier molecular flexibility index (Phi) is 9.27. The molecule has 0 saturated heterocycles. The zero-order valence-electron chi connectivity index (χ0n) is 36.3. The first-order chi connectivity index (χ1) is 31.9. The average molecular weight is 836 g/mol. The van der Waals surface area contributed by atoms with Crippen LogP contribution in [-0.4, -0.2) is 11.5 Å². The summed E-state index contributed by atoms with van der Waals surface area (Å²) in [5.41, 5.74) is 22.1. The smallest absolute Gasteiger partial charge is 0.160 e. The van der Waals surface area contributed by atoms with Crippen LogP contribution in [0, 0.1) is 5.92 Å². The first-order valence-corrected chi connectivity index (χ1v) is 22.6. The largest absolute Gasteiger partial charge is 0.456 e. The Morgan fingerprint density at radius 1 is 0.508 bits per heavy atom. The summed E-state index contributed by atoms with van der Waals surface area (Å²) in [5.74, 6) is 0.590. The summed E-state index contributed by atoms with van der Waals surface area (Å²) >= 11 is 0. The van der Waals surface area contributed by atoms with Crippen molar-refractivity contribution in [3.8, 4) is 22.3 Å². The molecule has 0 bridgehead atoms. The number of hydrogen-bond acceptors (Lipinski definition) is 4. The highest BCUT2D eigenvalue weighted by molar-refractivity contribution is 6.21. The number of hydrogen-bond donors (Lipinski definition) is 1. The van der Waals surface area contributed by atoms with Crippen molar-refractivity contribution < 1.29 is 4.42 Å². The molecule has 0 fully saturated rings. The zero-order chi connectivity index (χ0) is 43.6. The van der Waals surface area contributed by atoms with Crippen LogP contribution in [0.25, 0.3) is 87.8 Å². The summed E-state index contributed by atoms with van der Waals surface area (Å²) in [4.78, 5) is 11.4. The van der Waals surface area contributed by atoms with E-state index in [1.807, 2.05) is 0 Å². The Morgan fingerprint density at radius 2 is 1.11 bits per heavy atom. The Hall–Kier alpha value is -8.08. The lowest BCUT2D eigenvalue weighted by atomic mass is 9.84. The van der Waals surface area contributed by atoms with Gasteiger partial charge in [-0.1, -0.05) is 165 Å². The molecule has 10 aromatic rings. The fourth-order valence-electron chi connectivity index (χ4n) is 10.0. The first kappa shape index (κ1) is 38.6. The normalized spacial score (nSPS) is 15.5. The molecule has 1 unspecified atom stereocenters. The molecule has 0 spiro atoms. The van der Waals surface area contributed by atoms with E-state index in [9.17, 15) is 0 Å². The average Bonchev–Trinajstić information content (AvgIpc) is 3.64. The van der Waals surface area contributed by atoms with Crippen molar-refractivity contribution in [2.24, 2.45) is 15.9 Å². The van der Waals surface area contributed by atoms with Gasteiger partial charge < -0.3 is 10.2 Å². The van der Waals surface area contributed by atoms with Gasteiger partial charge in [0.05, 0.1) is 11.4 Å². The van der Waals surface area contributed by atoms with Crippen LogP contribution in [0.1, 0.15) is 48.9 Å². The number of allylic oxidation sites excluding steroid dienone is 5. The van der Waals surface area contributed by atoms with Gasteiger partial charge in [0.2, 0.25) is 0 Å². The lowest BCUT2D eigenvalue weighted by Crippen LogP contribution is -2.16. The molecule has 0 amide bonds. The zero-order valence-corrected chi connectivity index (χ0v) is 36.3. The van der Waals surface area contributed by atoms with Gasteiger partial charge in [-0.05, 0) is 122 Å². The fraction of sp³-hybridized carbons (Fsp3) is 0.0820. The van der Waals surface area contributed by atoms with Crippen molar-refractivity contribution in [3.63, 3.8) is 0 Å². The van der Waals surface area contributed by atoms with Gasteiger partial charge in [-0.15, -0.1) is 0 Å². The van der Waals surface area contributed by atoms with Gasteiger partial charge in [0.15, 0.2) is 5.84 Å². The van der Waals surface area contributed by atoms with E-state index in [2.05, 4.69) is 208 Å². The van der Waals surface area contributed by atoms with Crippen LogP contribution in [0.2, 0.25) is 0 Å². The van der Waals surface area contributed by atoms with Crippen molar-refractivity contribution in [1.82, 2.24) is 0 Å². The van der Waals surface area contributed by atoms with E-state index in [-0.39, 0.29) is 5.92 Å². The lowest BCUT2D eigenvalue weighted by Gasteiger charge is -2.20. The van der Waals surface area contributed by atoms with E-state index >= 15 is 0 Å². The number of nitrogen functional groups attached to an aromatic ring is 1. The molecule has 9 aromatic carbocycles. The minimum atomic E-state index is -0.0875. The Morgan fingerprint density at radius 3 is 1.86 bits per heavy atom. The van der Waals surface area contributed by atoms with E-state index < -0.39 is 0 Å². The number of amidine groups is 1. The van der Waals surface area contributed by atoms with Crippen molar-refractivity contribution in [2.45, 2.75) is 26.7 Å². The number of rotatable bonds is 6. The molecule has 0 radical (unpaired) electrons. The van der Waals surface area contributed by atoms with E-state index in [1.54, 1.807) is 0 Å². The summed E-state index contributed by atoms with van der Waals surface area (Å²) in [6.07, 6.45) is 8.70. The molecule has 1 atom stereocenters. The molecule has 4 heteroatoms. The van der Waals surface area contributed by atoms with Crippen LogP contribution in [0.3, 0.4) is 0 Å². The maximum Gasteiger partial charge on any atom is 0.160 e. The predicted octanol–water partition coefficient (Wildman–Crippen LogP) is 16.0. The fourth-order valence-corrected chi connectivity index (χ4v) is 10.0. The third kappa shape index (κ3) is 6.69. The monoisotopic (exact) mass is 835 g/mol. The standard InChI is InChI=1S/C61H45N3O/c1-37-38(2)60(64-61(42-29-27-40(28-30-42)39-15-4-3-5-16-39)63-59(37)50-26-14-22-41-17-10-11-23-47(41)50)55-35-54-53-32-44-19-7-9-21-46(44)34-57(53)65-58(54)36-51(55)48-24-12-13-25-49(48)52-31-43-18-6-8-20-45(43)33-56(52)62/h3-4,6-15,17-37H,5,16,62H2,1-2H3. The molecule has 1 aliphatic heterocycles. The maximum absolute atomic E-state index is 6.98. The van der Waals surface area contributed by atoms with E-state index in [0.717, 1.165) is 113 Å². The van der Waals surface area contributed by atoms with Crippen molar-refractivity contribution in [2.75, 3.05) is 5.73 Å². The van der Waals surface area contributed by atoms with E-state index in [1.165, 1.54) is 27.3 Å². The predicted molar refractivity (Wildman–Crippen MR) is 276 cm³/mol. The molecule has 12 rings (SSSR count). The van der Waals surface area contributed by atoms with Gasteiger partial charge in [-0.25, -0.2) is 9.98 Å².